The predicted octanol–water partition coefficient (Wildman–Crippen LogP) is 0.665. The van der Waals surface area contributed by atoms with E-state index in [9.17, 15) is 0 Å². The lowest BCUT2D eigenvalue weighted by Crippen LogP contribution is -2.38. The average Bonchev–Trinajstić information content (AvgIpc) is 2.46. The van der Waals surface area contributed by atoms with Crippen LogP contribution in [0.25, 0.3) is 0 Å². The molecule has 0 aliphatic rings. The molecular formula is C10H33NO6Si2. The second kappa shape index (κ2) is 19.2. The van der Waals surface area contributed by atoms with Crippen LogP contribution in [0, 0.1) is 36.5 Å². The molecule has 0 rings (SSSR count). The first kappa shape index (κ1) is 23.0. The molecule has 0 heterocycles. The van der Waals surface area contributed by atoms with Crippen LogP contribution < -0.4 is 5.64 Å². The molecule has 0 bridgehead atoms. The summed E-state index contributed by atoms with van der Waals surface area (Å²) in [6.45, 7) is 1.83. The summed E-state index contributed by atoms with van der Waals surface area (Å²) >= 11 is 0. The van der Waals surface area contributed by atoms with Crippen LogP contribution in [0.2, 0.25) is 6.55 Å². The van der Waals surface area contributed by atoms with Crippen LogP contribution in [0.15, 0.2) is 0 Å². The molecule has 0 aliphatic carbocycles. The van der Waals surface area contributed by atoms with E-state index in [0.717, 1.165) is 0 Å². The highest BCUT2D eigenvalue weighted by atomic mass is 28.4. The van der Waals surface area contributed by atoms with Crippen molar-refractivity contribution in [1.29, 1.82) is 0 Å². The van der Waals surface area contributed by atoms with Crippen LogP contribution in [0.5, 0.6) is 0 Å². The molecule has 0 aromatic carbocycles. The lowest BCUT2D eigenvalue weighted by atomic mass is 10.6. The van der Waals surface area contributed by atoms with Crippen molar-refractivity contribution in [2.45, 2.75) is 6.55 Å². The second-order valence-corrected chi connectivity index (χ2v) is 5.75. The second-order valence-electron chi connectivity index (χ2n) is 2.39. The summed E-state index contributed by atoms with van der Waals surface area (Å²) in [6, 6.07) is 0. The Morgan fingerprint density at radius 1 is 1.11 bits per heavy atom. The zero-order valence-electron chi connectivity index (χ0n) is 11.6. The van der Waals surface area contributed by atoms with Gasteiger partial charge in [0, 0.05) is 37.9 Å². The first-order valence-corrected chi connectivity index (χ1v) is 7.70. The Kier molecular flexibility index (Phi) is 23.2. The maximum absolute atomic E-state index is 7.35. The van der Waals surface area contributed by atoms with E-state index in [1.54, 1.807) is 27.0 Å². The summed E-state index contributed by atoms with van der Waals surface area (Å²) in [7, 11) is 3.08. The van der Waals surface area contributed by atoms with Crippen molar-refractivity contribution < 1.29 is 38.0 Å². The first-order valence-electron chi connectivity index (χ1n) is 4.66. The van der Waals surface area contributed by atoms with Crippen molar-refractivity contribution in [3.05, 3.63) is 0 Å². The minimum atomic E-state index is -2.17. The lowest BCUT2D eigenvalue weighted by Gasteiger charge is -2.18. The van der Waals surface area contributed by atoms with Gasteiger partial charge in [-0.2, -0.15) is 0 Å². The molecule has 0 aromatic rings. The third-order valence-electron chi connectivity index (χ3n) is 1.44. The van der Waals surface area contributed by atoms with Gasteiger partial charge in [0.2, 0.25) is 0 Å². The van der Waals surface area contributed by atoms with Gasteiger partial charge in [0.05, 0.1) is 0 Å². The van der Waals surface area contributed by atoms with Crippen LogP contribution >= 0.6 is 0 Å². The molecule has 0 aliphatic heterocycles. The minimum Gasteiger partial charge on any atom is -0.377 e. The molecule has 19 heavy (non-hydrogen) atoms. The van der Waals surface area contributed by atoms with E-state index >= 15 is 0 Å². The summed E-state index contributed by atoms with van der Waals surface area (Å²) in [5, 5.41) is 7.35. The van der Waals surface area contributed by atoms with Gasteiger partial charge in [-0.25, -0.2) is 5.26 Å². The zero-order chi connectivity index (χ0) is 15.6. The molecular weight excluding hydrogens is 286 g/mol. The van der Waals surface area contributed by atoms with Crippen LogP contribution in [-0.4, -0.2) is 45.9 Å². The fourth-order valence-electron chi connectivity index (χ4n) is 0.359. The largest absolute Gasteiger partial charge is 0.496 e. The highest BCUT2D eigenvalue weighted by molar-refractivity contribution is 6.58. The Balaban J connectivity index is -0.0000000166. The van der Waals surface area contributed by atoms with Crippen molar-refractivity contribution >= 4 is 19.3 Å². The highest BCUT2D eigenvalue weighted by Crippen LogP contribution is 2.02. The summed E-state index contributed by atoms with van der Waals surface area (Å²) < 4.78 is 18.9. The minimum absolute atomic E-state index is 0. The van der Waals surface area contributed by atoms with Crippen LogP contribution in [0.3, 0.4) is 0 Å². The number of rotatable bonds is 5. The summed E-state index contributed by atoms with van der Waals surface area (Å²) in [4.78, 5) is 3.25. The summed E-state index contributed by atoms with van der Waals surface area (Å²) in [5.74, 6) is 8.61. The Hall–Kier alpha value is -1.17. The van der Waals surface area contributed by atoms with Crippen LogP contribution in [0.1, 0.15) is 9.99 Å². The van der Waals surface area contributed by atoms with Gasteiger partial charge in [-0.15, -0.1) is 17.8 Å². The molecule has 0 aromatic heterocycles. The van der Waals surface area contributed by atoms with Gasteiger partial charge < -0.3 is 17.8 Å². The smallest absolute Gasteiger partial charge is 0.377 e. The normalized spacial score (nSPS) is 8.37. The molecule has 0 unspecified atom stereocenters. The molecule has 0 radical (unpaired) electrons. The molecule has 2 N–H and O–H groups in total. The van der Waals surface area contributed by atoms with Crippen molar-refractivity contribution in [1.82, 2.24) is 5.64 Å². The van der Waals surface area contributed by atoms with E-state index in [0.29, 0.717) is 10.5 Å². The number of hydrogen-bond acceptors (Lipinski definition) is 7. The molecule has 122 valence electrons. The Morgan fingerprint density at radius 3 is 1.53 bits per heavy atom. The standard InChI is InChI=1S/C6H2.C4H12O3Si.H5NO3Si.7H2/c1-3-5-6-4-2;1-5-8(4,6-2)7-3;2-3-1-4-5;;;;;;;/h1-2H;1-4H3;1-2H,5H3;7*1H. The highest BCUT2D eigenvalue weighted by Gasteiger charge is 2.29. The third-order valence-corrected chi connectivity index (χ3v) is 3.83. The van der Waals surface area contributed by atoms with E-state index in [4.69, 9.17) is 31.4 Å². The summed E-state index contributed by atoms with van der Waals surface area (Å²) in [5.41, 5.74) is 1.73. The molecule has 0 spiro atoms. The predicted molar refractivity (Wildman–Crippen MR) is 90.8 cm³/mol. The zero-order valence-corrected chi connectivity index (χ0v) is 14.6. The van der Waals surface area contributed by atoms with Crippen molar-refractivity contribution in [3.63, 3.8) is 0 Å². The fourth-order valence-corrected chi connectivity index (χ4v) is 0.934. The quantitative estimate of drug-likeness (QED) is 0.334. The van der Waals surface area contributed by atoms with Gasteiger partial charge in [0.25, 0.3) is 0 Å². The molecule has 0 amide bonds. The monoisotopic (exact) mass is 319 g/mol. The number of nitrogens with one attached hydrogen (secondary N) is 1. The third kappa shape index (κ3) is 22.5. The van der Waals surface area contributed by atoms with E-state index < -0.39 is 8.80 Å². The average molecular weight is 320 g/mol. The molecule has 0 saturated heterocycles. The maximum Gasteiger partial charge on any atom is 0.496 e. The van der Waals surface area contributed by atoms with Crippen molar-refractivity contribution in [2.24, 2.45) is 0 Å². The van der Waals surface area contributed by atoms with Gasteiger partial charge in [0.1, 0.15) is 0 Å². The first-order chi connectivity index (χ1) is 9.01. The van der Waals surface area contributed by atoms with Crippen LogP contribution in [0.4, 0.5) is 0 Å². The molecule has 0 saturated carbocycles. The van der Waals surface area contributed by atoms with E-state index in [1.807, 2.05) is 6.55 Å². The van der Waals surface area contributed by atoms with E-state index in [-0.39, 0.29) is 9.99 Å². The lowest BCUT2D eigenvalue weighted by molar-refractivity contribution is -0.346. The van der Waals surface area contributed by atoms with Gasteiger partial charge in [-0.3, -0.25) is 0 Å². The van der Waals surface area contributed by atoms with Gasteiger partial charge in [0.15, 0.2) is 10.5 Å². The number of terminal acetylenes is 2. The van der Waals surface area contributed by atoms with Crippen LogP contribution in [-0.2, 0) is 22.8 Å². The Morgan fingerprint density at radius 2 is 1.47 bits per heavy atom. The maximum atomic E-state index is 7.35. The van der Waals surface area contributed by atoms with E-state index in [1.165, 1.54) is 0 Å². The van der Waals surface area contributed by atoms with Crippen molar-refractivity contribution in [2.75, 3.05) is 21.3 Å². The van der Waals surface area contributed by atoms with Gasteiger partial charge >= 0.3 is 8.80 Å². The summed E-state index contributed by atoms with van der Waals surface area (Å²) in [6.07, 6.45) is 9.39. The Bertz CT molecular complexity index is 317. The fraction of sp³-hybridized carbons (Fsp3) is 0.400. The molecule has 9 heteroatoms. The van der Waals surface area contributed by atoms with Crippen molar-refractivity contribution in [3.8, 4) is 36.5 Å². The van der Waals surface area contributed by atoms with Gasteiger partial charge in [-0.1, -0.05) is 5.64 Å². The molecule has 0 fully saturated rings. The van der Waals surface area contributed by atoms with E-state index in [2.05, 4.69) is 33.2 Å². The topological polar surface area (TPSA) is 78.4 Å². The van der Waals surface area contributed by atoms with Gasteiger partial charge in [-0.05, 0) is 23.7 Å². The Labute approximate surface area is 128 Å². The SMILES string of the molecule is C#CC#CC#C.CO[Si](C)(OC)OC.OONO[SiH3].[HH].[HH].[HH].[HH].[HH].[HH].[HH]. The molecule has 0 atom stereocenters. The molecule has 7 nitrogen and oxygen atoms in total. The number of hydrogen-bond donors (Lipinski definition) is 2.